The average molecular weight is 265 g/mol. The van der Waals surface area contributed by atoms with Crippen LogP contribution in [0.15, 0.2) is 18.2 Å². The SMILES string of the molecule is Cc1cc(C(=O)N2CCC(C)(C(=O)O)C2)ccc1F. The fourth-order valence-electron chi connectivity index (χ4n) is 2.27. The molecule has 1 atom stereocenters. The molecule has 1 unspecified atom stereocenters. The van der Waals surface area contributed by atoms with E-state index in [1.165, 1.54) is 23.1 Å². The number of amides is 1. The van der Waals surface area contributed by atoms with Crippen molar-refractivity contribution in [1.82, 2.24) is 4.90 Å². The largest absolute Gasteiger partial charge is 0.481 e. The van der Waals surface area contributed by atoms with E-state index in [0.29, 0.717) is 24.1 Å². The minimum absolute atomic E-state index is 0.192. The second-order valence-corrected chi connectivity index (χ2v) is 5.31. The van der Waals surface area contributed by atoms with Gasteiger partial charge in [0.25, 0.3) is 5.91 Å². The van der Waals surface area contributed by atoms with E-state index in [-0.39, 0.29) is 18.3 Å². The Kier molecular flexibility index (Phi) is 3.30. The Morgan fingerprint density at radius 2 is 2.11 bits per heavy atom. The monoisotopic (exact) mass is 265 g/mol. The van der Waals surface area contributed by atoms with Gasteiger partial charge in [0.05, 0.1) is 5.41 Å². The number of hydrogen-bond acceptors (Lipinski definition) is 2. The molecule has 0 radical (unpaired) electrons. The van der Waals surface area contributed by atoms with Crippen LogP contribution in [0.3, 0.4) is 0 Å². The van der Waals surface area contributed by atoms with Crippen molar-refractivity contribution in [3.8, 4) is 0 Å². The van der Waals surface area contributed by atoms with Crippen LogP contribution in [-0.2, 0) is 4.79 Å². The fraction of sp³-hybridized carbons (Fsp3) is 0.429. The van der Waals surface area contributed by atoms with Gasteiger partial charge in [0.15, 0.2) is 0 Å². The molecule has 1 amide bonds. The molecule has 1 aromatic carbocycles. The first-order valence-electron chi connectivity index (χ1n) is 6.12. The van der Waals surface area contributed by atoms with Crippen LogP contribution in [0.25, 0.3) is 0 Å². The smallest absolute Gasteiger partial charge is 0.311 e. The Bertz CT molecular complexity index is 543. The normalized spacial score (nSPS) is 22.6. The molecule has 19 heavy (non-hydrogen) atoms. The predicted octanol–water partition coefficient (Wildman–Crippen LogP) is 2.07. The van der Waals surface area contributed by atoms with Gasteiger partial charge in [-0.15, -0.1) is 0 Å². The Labute approximate surface area is 110 Å². The van der Waals surface area contributed by atoms with Gasteiger partial charge in [0, 0.05) is 18.7 Å². The van der Waals surface area contributed by atoms with Gasteiger partial charge < -0.3 is 10.0 Å². The minimum atomic E-state index is -0.891. The summed E-state index contributed by atoms with van der Waals surface area (Å²) >= 11 is 0. The second kappa shape index (κ2) is 4.64. The molecular formula is C14H16FNO3. The van der Waals surface area contributed by atoms with E-state index in [1.807, 2.05) is 0 Å². The first-order valence-corrected chi connectivity index (χ1v) is 6.12. The Morgan fingerprint density at radius 1 is 1.42 bits per heavy atom. The van der Waals surface area contributed by atoms with E-state index < -0.39 is 11.4 Å². The standard InChI is InChI=1S/C14H16FNO3/c1-9-7-10(3-4-11(9)15)12(17)16-6-5-14(2,8-16)13(18)19/h3-4,7H,5-6,8H2,1-2H3,(H,18,19). The van der Waals surface area contributed by atoms with Crippen molar-refractivity contribution in [3.63, 3.8) is 0 Å². The van der Waals surface area contributed by atoms with Crippen LogP contribution in [0.4, 0.5) is 4.39 Å². The lowest BCUT2D eigenvalue weighted by Crippen LogP contribution is -2.34. The van der Waals surface area contributed by atoms with Crippen LogP contribution in [0, 0.1) is 18.2 Å². The Balaban J connectivity index is 2.18. The molecule has 1 saturated heterocycles. The molecule has 4 nitrogen and oxygen atoms in total. The zero-order valence-corrected chi connectivity index (χ0v) is 10.9. The highest BCUT2D eigenvalue weighted by Gasteiger charge is 2.42. The van der Waals surface area contributed by atoms with Crippen LogP contribution in [-0.4, -0.2) is 35.0 Å². The number of nitrogens with zero attached hydrogens (tertiary/aromatic N) is 1. The maximum absolute atomic E-state index is 13.2. The lowest BCUT2D eigenvalue weighted by molar-refractivity contribution is -0.147. The van der Waals surface area contributed by atoms with Gasteiger partial charge >= 0.3 is 5.97 Å². The van der Waals surface area contributed by atoms with Gasteiger partial charge in [-0.1, -0.05) is 0 Å². The molecule has 1 aliphatic heterocycles. The summed E-state index contributed by atoms with van der Waals surface area (Å²) < 4.78 is 13.2. The van der Waals surface area contributed by atoms with Crippen molar-refractivity contribution in [2.75, 3.05) is 13.1 Å². The zero-order valence-electron chi connectivity index (χ0n) is 10.9. The molecule has 102 valence electrons. The lowest BCUT2D eigenvalue weighted by Gasteiger charge is -2.20. The maximum atomic E-state index is 13.2. The quantitative estimate of drug-likeness (QED) is 0.890. The molecule has 1 heterocycles. The minimum Gasteiger partial charge on any atom is -0.481 e. The molecule has 0 bridgehead atoms. The molecule has 1 N–H and O–H groups in total. The second-order valence-electron chi connectivity index (χ2n) is 5.31. The number of halogens is 1. The summed E-state index contributed by atoms with van der Waals surface area (Å²) in [6.07, 6.45) is 0.439. The summed E-state index contributed by atoms with van der Waals surface area (Å²) in [5.74, 6) is -1.49. The highest BCUT2D eigenvalue weighted by molar-refractivity contribution is 5.95. The first kappa shape index (κ1) is 13.5. The topological polar surface area (TPSA) is 57.6 Å². The number of likely N-dealkylation sites (tertiary alicyclic amines) is 1. The van der Waals surface area contributed by atoms with E-state index in [9.17, 15) is 14.0 Å². The summed E-state index contributed by atoms with van der Waals surface area (Å²) in [6.45, 7) is 3.84. The van der Waals surface area contributed by atoms with Crippen molar-refractivity contribution < 1.29 is 19.1 Å². The molecule has 2 rings (SSSR count). The molecule has 0 aliphatic carbocycles. The lowest BCUT2D eigenvalue weighted by atomic mass is 9.90. The molecule has 5 heteroatoms. The number of aryl methyl sites for hydroxylation is 1. The molecule has 1 aromatic rings. The van der Waals surface area contributed by atoms with Gasteiger partial charge in [-0.2, -0.15) is 0 Å². The molecular weight excluding hydrogens is 249 g/mol. The third-order valence-corrected chi connectivity index (χ3v) is 3.68. The number of carbonyl (C=O) groups is 2. The van der Waals surface area contributed by atoms with Crippen LogP contribution >= 0.6 is 0 Å². The molecule has 0 saturated carbocycles. The summed E-state index contributed by atoms with van der Waals surface area (Å²) in [5.41, 5.74) is -0.0790. The predicted molar refractivity (Wildman–Crippen MR) is 67.4 cm³/mol. The highest BCUT2D eigenvalue weighted by Crippen LogP contribution is 2.31. The van der Waals surface area contributed by atoms with E-state index >= 15 is 0 Å². The maximum Gasteiger partial charge on any atom is 0.311 e. The number of benzene rings is 1. The van der Waals surface area contributed by atoms with Crippen molar-refractivity contribution in [2.45, 2.75) is 20.3 Å². The van der Waals surface area contributed by atoms with Crippen LogP contribution in [0.2, 0.25) is 0 Å². The molecule has 1 fully saturated rings. The molecule has 0 spiro atoms. The van der Waals surface area contributed by atoms with Gasteiger partial charge in [-0.25, -0.2) is 4.39 Å². The average Bonchev–Trinajstić information content (AvgIpc) is 2.76. The van der Waals surface area contributed by atoms with Crippen molar-refractivity contribution in [3.05, 3.63) is 35.1 Å². The molecule has 0 aromatic heterocycles. The third kappa shape index (κ3) is 2.45. The zero-order chi connectivity index (χ0) is 14.2. The van der Waals surface area contributed by atoms with E-state index in [2.05, 4.69) is 0 Å². The van der Waals surface area contributed by atoms with Crippen LogP contribution < -0.4 is 0 Å². The number of carboxylic acids is 1. The van der Waals surface area contributed by atoms with E-state index in [4.69, 9.17) is 5.11 Å². The molecule has 1 aliphatic rings. The van der Waals surface area contributed by atoms with Crippen molar-refractivity contribution in [2.24, 2.45) is 5.41 Å². The summed E-state index contributed by atoms with van der Waals surface area (Å²) in [6, 6.07) is 4.18. The Hall–Kier alpha value is -1.91. The van der Waals surface area contributed by atoms with Crippen molar-refractivity contribution in [1.29, 1.82) is 0 Å². The van der Waals surface area contributed by atoms with Crippen LogP contribution in [0.5, 0.6) is 0 Å². The Morgan fingerprint density at radius 3 is 2.63 bits per heavy atom. The number of carbonyl (C=O) groups excluding carboxylic acids is 1. The number of aliphatic carboxylic acids is 1. The number of rotatable bonds is 2. The van der Waals surface area contributed by atoms with Crippen LogP contribution in [0.1, 0.15) is 29.3 Å². The number of hydrogen-bond donors (Lipinski definition) is 1. The summed E-state index contributed by atoms with van der Waals surface area (Å²) in [4.78, 5) is 24.9. The highest BCUT2D eigenvalue weighted by atomic mass is 19.1. The van der Waals surface area contributed by atoms with Gasteiger partial charge in [-0.05, 0) is 44.0 Å². The van der Waals surface area contributed by atoms with E-state index in [1.54, 1.807) is 13.8 Å². The first-order chi connectivity index (χ1) is 8.83. The van der Waals surface area contributed by atoms with Gasteiger partial charge in [0.2, 0.25) is 0 Å². The summed E-state index contributed by atoms with van der Waals surface area (Å²) in [7, 11) is 0. The van der Waals surface area contributed by atoms with Crippen molar-refractivity contribution >= 4 is 11.9 Å². The summed E-state index contributed by atoms with van der Waals surface area (Å²) in [5, 5.41) is 9.14. The van der Waals surface area contributed by atoms with Gasteiger partial charge in [0.1, 0.15) is 5.82 Å². The fourth-order valence-corrected chi connectivity index (χ4v) is 2.27. The third-order valence-electron chi connectivity index (χ3n) is 3.68. The van der Waals surface area contributed by atoms with E-state index in [0.717, 1.165) is 0 Å². The van der Waals surface area contributed by atoms with Gasteiger partial charge in [-0.3, -0.25) is 9.59 Å². The number of carboxylic acid groups (broad SMARTS) is 1.